The van der Waals surface area contributed by atoms with Crippen molar-refractivity contribution in [2.45, 2.75) is 63.6 Å². The number of hydrogen-bond acceptors (Lipinski definition) is 3. The molecule has 0 aliphatic carbocycles. The van der Waals surface area contributed by atoms with Gasteiger partial charge in [-0.1, -0.05) is 12.1 Å². The van der Waals surface area contributed by atoms with Gasteiger partial charge >= 0.3 is 0 Å². The lowest BCUT2D eigenvalue weighted by atomic mass is 9.81. The maximum Gasteiger partial charge on any atom is 0.273 e. The Kier molecular flexibility index (Phi) is 4.70. The number of halogens is 2. The summed E-state index contributed by atoms with van der Waals surface area (Å²) in [5, 5.41) is 11.2. The standard InChI is InChI=1S/C22H24F2N2O2/c1-13-3-4-14(2)25-20(13)21(27)26-17-7-8-18(26)12-22(28,11-17)10-15-5-6-16(23)9-19(15)24/h3-6,9,17-18,28H,7-8,10-12H2,1-2H3. The number of benzene rings is 1. The van der Waals surface area contributed by atoms with E-state index in [2.05, 4.69) is 4.98 Å². The van der Waals surface area contributed by atoms with E-state index < -0.39 is 17.2 Å². The number of fused-ring (bicyclic) bond motifs is 2. The van der Waals surface area contributed by atoms with Crippen LogP contribution in [0.5, 0.6) is 0 Å². The highest BCUT2D eigenvalue weighted by Gasteiger charge is 2.49. The SMILES string of the molecule is Cc1ccc(C)c(C(=O)N2C3CCC2CC(O)(Cc2ccc(F)cc2F)C3)n1. The van der Waals surface area contributed by atoms with Crippen molar-refractivity contribution in [2.24, 2.45) is 0 Å². The van der Waals surface area contributed by atoms with Gasteiger partial charge in [0, 0.05) is 30.3 Å². The summed E-state index contributed by atoms with van der Waals surface area (Å²) in [6.45, 7) is 3.73. The highest BCUT2D eigenvalue weighted by molar-refractivity contribution is 5.94. The summed E-state index contributed by atoms with van der Waals surface area (Å²) in [6.07, 6.45) is 2.52. The Balaban J connectivity index is 1.55. The smallest absolute Gasteiger partial charge is 0.273 e. The summed E-state index contributed by atoms with van der Waals surface area (Å²) in [7, 11) is 0. The molecule has 6 heteroatoms. The Hall–Kier alpha value is -2.34. The van der Waals surface area contributed by atoms with E-state index in [9.17, 15) is 18.7 Å². The topological polar surface area (TPSA) is 53.4 Å². The fourth-order valence-corrected chi connectivity index (χ4v) is 4.78. The molecule has 0 saturated carbocycles. The number of pyridine rings is 1. The summed E-state index contributed by atoms with van der Waals surface area (Å²) >= 11 is 0. The van der Waals surface area contributed by atoms with E-state index in [1.54, 1.807) is 0 Å². The molecule has 2 saturated heterocycles. The lowest BCUT2D eigenvalue weighted by molar-refractivity contribution is -0.0433. The van der Waals surface area contributed by atoms with Gasteiger partial charge in [0.1, 0.15) is 17.3 Å². The third kappa shape index (κ3) is 3.41. The van der Waals surface area contributed by atoms with E-state index in [1.807, 2.05) is 30.9 Å². The molecule has 2 aliphatic heterocycles. The quantitative estimate of drug-likeness (QED) is 0.875. The number of carbonyl (C=O) groups excluding carboxylic acids is 1. The number of amides is 1. The van der Waals surface area contributed by atoms with Gasteiger partial charge in [-0.2, -0.15) is 0 Å². The minimum Gasteiger partial charge on any atom is -0.389 e. The Bertz CT molecular complexity index is 917. The second kappa shape index (κ2) is 6.92. The molecule has 2 unspecified atom stereocenters. The van der Waals surface area contributed by atoms with Gasteiger partial charge < -0.3 is 10.0 Å². The second-order valence-corrected chi connectivity index (χ2v) is 8.26. The third-order valence-corrected chi connectivity index (χ3v) is 6.06. The lowest BCUT2D eigenvalue weighted by Gasteiger charge is -2.44. The molecule has 2 aliphatic rings. The molecule has 2 aromatic rings. The summed E-state index contributed by atoms with van der Waals surface area (Å²) in [4.78, 5) is 19.5. The average Bonchev–Trinajstić information content (AvgIpc) is 2.91. The highest BCUT2D eigenvalue weighted by Crippen LogP contribution is 2.43. The number of aromatic nitrogens is 1. The predicted molar refractivity (Wildman–Crippen MR) is 101 cm³/mol. The normalized spacial score (nSPS) is 26.5. The monoisotopic (exact) mass is 386 g/mol. The van der Waals surface area contributed by atoms with E-state index in [1.165, 1.54) is 12.1 Å². The summed E-state index contributed by atoms with van der Waals surface area (Å²) < 4.78 is 27.2. The summed E-state index contributed by atoms with van der Waals surface area (Å²) in [5.74, 6) is -1.36. The van der Waals surface area contributed by atoms with Crippen molar-refractivity contribution in [1.29, 1.82) is 0 Å². The molecule has 1 amide bonds. The summed E-state index contributed by atoms with van der Waals surface area (Å²) in [6, 6.07) is 7.03. The van der Waals surface area contributed by atoms with Crippen LogP contribution in [0.15, 0.2) is 30.3 Å². The molecule has 148 valence electrons. The van der Waals surface area contributed by atoms with E-state index in [4.69, 9.17) is 0 Å². The molecule has 2 atom stereocenters. The van der Waals surface area contributed by atoms with Gasteiger partial charge in [-0.05, 0) is 62.8 Å². The number of carbonyl (C=O) groups is 1. The molecule has 4 nitrogen and oxygen atoms in total. The average molecular weight is 386 g/mol. The van der Waals surface area contributed by atoms with Crippen LogP contribution in [-0.4, -0.2) is 38.6 Å². The number of hydrogen-bond donors (Lipinski definition) is 1. The molecule has 1 aromatic heterocycles. The maximum absolute atomic E-state index is 14.1. The zero-order valence-corrected chi connectivity index (χ0v) is 16.1. The van der Waals surface area contributed by atoms with E-state index >= 15 is 0 Å². The van der Waals surface area contributed by atoms with Crippen LogP contribution in [0.1, 0.15) is 53.0 Å². The Morgan fingerprint density at radius 1 is 1.18 bits per heavy atom. The van der Waals surface area contributed by atoms with Crippen LogP contribution in [0.4, 0.5) is 8.78 Å². The van der Waals surface area contributed by atoms with E-state index in [-0.39, 0.29) is 24.4 Å². The molecule has 4 rings (SSSR count). The molecular weight excluding hydrogens is 362 g/mol. The zero-order chi connectivity index (χ0) is 20.1. The van der Waals surface area contributed by atoms with Crippen LogP contribution in [0, 0.1) is 25.5 Å². The van der Waals surface area contributed by atoms with Crippen LogP contribution in [-0.2, 0) is 6.42 Å². The van der Waals surface area contributed by atoms with Crippen molar-refractivity contribution in [3.8, 4) is 0 Å². The molecule has 0 radical (unpaired) electrons. The molecule has 1 N–H and O–H groups in total. The van der Waals surface area contributed by atoms with Crippen molar-refractivity contribution in [3.63, 3.8) is 0 Å². The van der Waals surface area contributed by atoms with Crippen molar-refractivity contribution in [1.82, 2.24) is 9.88 Å². The fourth-order valence-electron chi connectivity index (χ4n) is 4.78. The first-order chi connectivity index (χ1) is 13.3. The third-order valence-electron chi connectivity index (χ3n) is 6.06. The summed E-state index contributed by atoms with van der Waals surface area (Å²) in [5.41, 5.74) is 1.30. The first-order valence-corrected chi connectivity index (χ1v) is 9.69. The van der Waals surface area contributed by atoms with Gasteiger partial charge in [0.05, 0.1) is 5.60 Å². The fraction of sp³-hybridized carbons (Fsp3) is 0.455. The maximum atomic E-state index is 14.1. The molecule has 0 spiro atoms. The Morgan fingerprint density at radius 3 is 2.50 bits per heavy atom. The van der Waals surface area contributed by atoms with Gasteiger partial charge in [0.2, 0.25) is 0 Å². The number of piperidine rings is 1. The minimum atomic E-state index is -1.10. The van der Waals surface area contributed by atoms with Crippen molar-refractivity contribution >= 4 is 5.91 Å². The minimum absolute atomic E-state index is 0.0938. The number of nitrogens with zero attached hydrogens (tertiary/aromatic N) is 2. The molecular formula is C22H24F2N2O2. The van der Waals surface area contributed by atoms with Gasteiger partial charge in [-0.3, -0.25) is 4.79 Å². The van der Waals surface area contributed by atoms with Crippen LogP contribution in [0.2, 0.25) is 0 Å². The molecule has 3 heterocycles. The molecule has 2 bridgehead atoms. The number of rotatable bonds is 3. The van der Waals surface area contributed by atoms with Gasteiger partial charge in [0.25, 0.3) is 5.91 Å². The largest absolute Gasteiger partial charge is 0.389 e. The van der Waals surface area contributed by atoms with E-state index in [0.29, 0.717) is 24.1 Å². The molecule has 1 aromatic carbocycles. The van der Waals surface area contributed by atoms with Crippen LogP contribution < -0.4 is 0 Å². The number of aryl methyl sites for hydroxylation is 2. The first kappa shape index (κ1) is 19.0. The number of aliphatic hydroxyl groups is 1. The Labute approximate surface area is 163 Å². The van der Waals surface area contributed by atoms with Gasteiger partial charge in [-0.15, -0.1) is 0 Å². The van der Waals surface area contributed by atoms with Crippen molar-refractivity contribution in [3.05, 3.63) is 64.5 Å². The van der Waals surface area contributed by atoms with E-state index in [0.717, 1.165) is 30.2 Å². The molecule has 28 heavy (non-hydrogen) atoms. The van der Waals surface area contributed by atoms with Crippen LogP contribution in [0.25, 0.3) is 0 Å². The highest BCUT2D eigenvalue weighted by atomic mass is 19.1. The Morgan fingerprint density at radius 2 is 1.86 bits per heavy atom. The second-order valence-electron chi connectivity index (χ2n) is 8.26. The first-order valence-electron chi connectivity index (χ1n) is 9.69. The molecule has 2 fully saturated rings. The van der Waals surface area contributed by atoms with Gasteiger partial charge in [0.15, 0.2) is 0 Å². The van der Waals surface area contributed by atoms with Crippen LogP contribution in [0.3, 0.4) is 0 Å². The predicted octanol–water partition coefficient (Wildman–Crippen LogP) is 3.72. The van der Waals surface area contributed by atoms with Crippen molar-refractivity contribution in [2.75, 3.05) is 0 Å². The zero-order valence-electron chi connectivity index (χ0n) is 16.1. The van der Waals surface area contributed by atoms with Gasteiger partial charge in [-0.25, -0.2) is 13.8 Å². The lowest BCUT2D eigenvalue weighted by Crippen LogP contribution is -2.54. The van der Waals surface area contributed by atoms with Crippen LogP contribution >= 0.6 is 0 Å². The van der Waals surface area contributed by atoms with Crippen molar-refractivity contribution < 1.29 is 18.7 Å².